The number of anilines is 2. The highest BCUT2D eigenvalue weighted by molar-refractivity contribution is 5.96. The molecule has 2 aromatic heterocycles. The van der Waals surface area contributed by atoms with E-state index < -0.39 is 23.5 Å². The molecule has 196 valence electrons. The second-order valence-corrected chi connectivity index (χ2v) is 8.72. The van der Waals surface area contributed by atoms with E-state index in [1.807, 2.05) is 0 Å². The zero-order valence-electron chi connectivity index (χ0n) is 20.6. The number of hydrogen-bond donors (Lipinski definition) is 6. The molecule has 3 rings (SSSR count). The molecule has 2 heterocycles. The van der Waals surface area contributed by atoms with Gasteiger partial charge in [0.05, 0.1) is 18.4 Å². The van der Waals surface area contributed by atoms with Crippen LogP contribution in [0.25, 0.3) is 11.2 Å². The average molecular weight is 511 g/mol. The SMILES string of the molecule is CC(C)C(=O)NCCCCC(NC(=O)c1ccc(NCc2cnc3nc(N)[nH]c(=O)c3n2)cc1)C(=O)O. The number of nitrogens with zero attached hydrogens (tertiary/aromatic N) is 3. The number of unbranched alkanes of at least 4 members (excludes halogenated alkanes) is 1. The van der Waals surface area contributed by atoms with Crippen LogP contribution in [0.15, 0.2) is 35.3 Å². The number of benzene rings is 1. The fourth-order valence-electron chi connectivity index (χ4n) is 3.38. The molecule has 0 spiro atoms. The largest absolute Gasteiger partial charge is 0.480 e. The highest BCUT2D eigenvalue weighted by Crippen LogP contribution is 2.12. The van der Waals surface area contributed by atoms with Crippen molar-refractivity contribution in [3.8, 4) is 0 Å². The number of hydrogen-bond acceptors (Lipinski definition) is 9. The van der Waals surface area contributed by atoms with Crippen molar-refractivity contribution in [3.63, 3.8) is 0 Å². The Morgan fingerprint density at radius 3 is 2.51 bits per heavy atom. The number of aliphatic carboxylic acids is 1. The summed E-state index contributed by atoms with van der Waals surface area (Å²) in [5.41, 5.74) is 6.74. The van der Waals surface area contributed by atoms with Gasteiger partial charge in [0.2, 0.25) is 11.9 Å². The predicted molar refractivity (Wildman–Crippen MR) is 137 cm³/mol. The molecule has 0 aliphatic carbocycles. The number of carboxylic acids is 1. The molecular weight excluding hydrogens is 480 g/mol. The van der Waals surface area contributed by atoms with Gasteiger partial charge in [-0.1, -0.05) is 13.8 Å². The minimum Gasteiger partial charge on any atom is -0.480 e. The normalized spacial score (nSPS) is 11.8. The number of amides is 2. The van der Waals surface area contributed by atoms with Gasteiger partial charge in [-0.05, 0) is 43.5 Å². The lowest BCUT2D eigenvalue weighted by Gasteiger charge is -2.15. The lowest BCUT2D eigenvalue weighted by molar-refractivity contribution is -0.139. The van der Waals surface area contributed by atoms with Crippen LogP contribution in [-0.2, 0) is 16.1 Å². The topological polar surface area (TPSA) is 205 Å². The number of H-pyrrole nitrogens is 1. The second-order valence-electron chi connectivity index (χ2n) is 8.72. The summed E-state index contributed by atoms with van der Waals surface area (Å²) in [6.07, 6.45) is 2.87. The minimum atomic E-state index is -1.12. The summed E-state index contributed by atoms with van der Waals surface area (Å²) in [5.74, 6) is -1.82. The van der Waals surface area contributed by atoms with Gasteiger partial charge in [-0.15, -0.1) is 0 Å². The summed E-state index contributed by atoms with van der Waals surface area (Å²) in [6, 6.07) is 5.45. The number of nitrogen functional groups attached to an aromatic ring is 1. The van der Waals surface area contributed by atoms with Crippen molar-refractivity contribution < 1.29 is 19.5 Å². The first kappa shape index (κ1) is 27.0. The molecular formula is C24H30N8O5. The number of aromatic nitrogens is 4. The van der Waals surface area contributed by atoms with Crippen LogP contribution in [0.3, 0.4) is 0 Å². The molecule has 2 amide bonds. The first-order valence-corrected chi connectivity index (χ1v) is 11.8. The lowest BCUT2D eigenvalue weighted by atomic mass is 10.1. The van der Waals surface area contributed by atoms with E-state index in [1.165, 1.54) is 6.20 Å². The molecule has 1 atom stereocenters. The number of nitrogens with one attached hydrogen (secondary N) is 4. The lowest BCUT2D eigenvalue weighted by Crippen LogP contribution is -2.40. The Labute approximate surface area is 212 Å². The Morgan fingerprint density at radius 2 is 1.84 bits per heavy atom. The van der Waals surface area contributed by atoms with Gasteiger partial charge < -0.3 is 26.8 Å². The molecule has 13 heteroatoms. The van der Waals surface area contributed by atoms with Crippen molar-refractivity contribution in [2.45, 2.75) is 45.7 Å². The number of carbonyl (C=O) groups excluding carboxylic acids is 2. The van der Waals surface area contributed by atoms with Gasteiger partial charge in [0.1, 0.15) is 6.04 Å². The van der Waals surface area contributed by atoms with E-state index in [1.54, 1.807) is 38.1 Å². The fraction of sp³-hybridized carbons (Fsp3) is 0.375. The highest BCUT2D eigenvalue weighted by Gasteiger charge is 2.20. The monoisotopic (exact) mass is 510 g/mol. The minimum absolute atomic E-state index is 0.0384. The van der Waals surface area contributed by atoms with Crippen molar-refractivity contribution in [1.29, 1.82) is 0 Å². The Kier molecular flexibility index (Phi) is 9.08. The molecule has 0 aliphatic rings. The van der Waals surface area contributed by atoms with Crippen molar-refractivity contribution >= 4 is 40.6 Å². The van der Waals surface area contributed by atoms with Crippen LogP contribution in [0.5, 0.6) is 0 Å². The van der Waals surface area contributed by atoms with Crippen LogP contribution >= 0.6 is 0 Å². The smallest absolute Gasteiger partial charge is 0.326 e. The first-order chi connectivity index (χ1) is 17.6. The quantitative estimate of drug-likeness (QED) is 0.191. The number of aromatic amines is 1. The van der Waals surface area contributed by atoms with Crippen molar-refractivity contribution in [1.82, 2.24) is 30.6 Å². The average Bonchev–Trinajstić information content (AvgIpc) is 2.86. The molecule has 1 unspecified atom stereocenters. The Hall–Kier alpha value is -4.55. The van der Waals surface area contributed by atoms with E-state index in [4.69, 9.17) is 5.73 Å². The fourth-order valence-corrected chi connectivity index (χ4v) is 3.38. The van der Waals surface area contributed by atoms with E-state index in [-0.39, 0.29) is 41.9 Å². The Balaban J connectivity index is 1.51. The van der Waals surface area contributed by atoms with Gasteiger partial charge in [0, 0.05) is 23.7 Å². The summed E-state index contributed by atoms with van der Waals surface area (Å²) in [4.78, 5) is 62.4. The first-order valence-electron chi connectivity index (χ1n) is 11.8. The van der Waals surface area contributed by atoms with Crippen molar-refractivity contribution in [3.05, 3.63) is 52.1 Å². The van der Waals surface area contributed by atoms with Gasteiger partial charge in [-0.25, -0.2) is 14.8 Å². The van der Waals surface area contributed by atoms with Gasteiger partial charge in [-0.2, -0.15) is 4.98 Å². The van der Waals surface area contributed by atoms with Crippen molar-refractivity contribution in [2.24, 2.45) is 5.92 Å². The maximum absolute atomic E-state index is 12.6. The van der Waals surface area contributed by atoms with E-state index in [2.05, 4.69) is 35.9 Å². The third kappa shape index (κ3) is 7.72. The van der Waals surface area contributed by atoms with Crippen LogP contribution in [0.2, 0.25) is 0 Å². The molecule has 0 saturated carbocycles. The molecule has 1 aromatic carbocycles. The molecule has 13 nitrogen and oxygen atoms in total. The third-order valence-electron chi connectivity index (χ3n) is 5.45. The standard InChI is InChI=1S/C24H30N8O5/c1-13(2)20(33)26-10-4-3-5-17(23(36)37)30-21(34)14-6-8-15(9-7-14)27-11-16-12-28-19-18(29-16)22(35)32-24(25)31-19/h6-9,12-13,17,27H,3-5,10-11H2,1-2H3,(H,26,33)(H,30,34)(H,36,37)(H3,25,28,31,32,35). The predicted octanol–water partition coefficient (Wildman–Crippen LogP) is 1.03. The summed E-state index contributed by atoms with van der Waals surface area (Å²) in [6.45, 7) is 4.31. The number of fused-ring (bicyclic) bond motifs is 1. The molecule has 0 radical (unpaired) electrons. The molecule has 7 N–H and O–H groups in total. The molecule has 3 aromatic rings. The van der Waals surface area contributed by atoms with Crippen molar-refractivity contribution in [2.75, 3.05) is 17.6 Å². The van der Waals surface area contributed by atoms with Crippen LogP contribution in [0.4, 0.5) is 11.6 Å². The zero-order valence-corrected chi connectivity index (χ0v) is 20.6. The second kappa shape index (κ2) is 12.4. The summed E-state index contributed by atoms with van der Waals surface area (Å²) >= 11 is 0. The van der Waals surface area contributed by atoms with E-state index in [0.29, 0.717) is 36.3 Å². The van der Waals surface area contributed by atoms with E-state index in [0.717, 1.165) is 0 Å². The molecule has 0 bridgehead atoms. The summed E-state index contributed by atoms with van der Waals surface area (Å²) in [5, 5.41) is 17.9. The Bertz CT molecular complexity index is 1320. The highest BCUT2D eigenvalue weighted by atomic mass is 16.4. The molecule has 0 saturated heterocycles. The zero-order chi connectivity index (χ0) is 26.9. The number of nitrogens with two attached hydrogens (primary N) is 1. The maximum atomic E-state index is 12.6. The third-order valence-corrected chi connectivity index (χ3v) is 5.45. The molecule has 0 aliphatic heterocycles. The van der Waals surface area contributed by atoms with Crippen LogP contribution in [0, 0.1) is 5.92 Å². The van der Waals surface area contributed by atoms with Crippen LogP contribution < -0.4 is 27.2 Å². The van der Waals surface area contributed by atoms with Gasteiger partial charge in [-0.3, -0.25) is 19.4 Å². The van der Waals surface area contributed by atoms with Gasteiger partial charge >= 0.3 is 5.97 Å². The maximum Gasteiger partial charge on any atom is 0.326 e. The molecule has 37 heavy (non-hydrogen) atoms. The van der Waals surface area contributed by atoms with E-state index >= 15 is 0 Å². The number of carboxylic acid groups (broad SMARTS) is 1. The van der Waals surface area contributed by atoms with Crippen LogP contribution in [0.1, 0.15) is 49.2 Å². The van der Waals surface area contributed by atoms with Gasteiger partial charge in [0.25, 0.3) is 11.5 Å². The Morgan fingerprint density at radius 1 is 1.11 bits per heavy atom. The van der Waals surface area contributed by atoms with E-state index in [9.17, 15) is 24.3 Å². The van der Waals surface area contributed by atoms with Gasteiger partial charge in [0.15, 0.2) is 11.2 Å². The van der Waals surface area contributed by atoms with Crippen LogP contribution in [-0.4, -0.2) is 55.4 Å². The summed E-state index contributed by atoms with van der Waals surface area (Å²) in [7, 11) is 0. The number of rotatable bonds is 12. The molecule has 0 fully saturated rings. The number of carbonyl (C=O) groups is 3. The summed E-state index contributed by atoms with van der Waals surface area (Å²) < 4.78 is 0.